The molecule has 0 saturated carbocycles. The summed E-state index contributed by atoms with van der Waals surface area (Å²) in [6.07, 6.45) is 0.250. The standard InChI is InChI=1S/C22H20N2O3/c1-26-18-11-10-16(21(13-18)27-2)12-17(14-23)22(25)24-20-9-5-7-15-6-3-4-8-19(15)20/h3-11,13,17H,12H2,1-2H3,(H,24,25). The molecule has 1 amide bonds. The second kappa shape index (κ2) is 8.24. The first-order chi connectivity index (χ1) is 13.2. The number of amides is 1. The second-order valence-corrected chi connectivity index (χ2v) is 6.08. The summed E-state index contributed by atoms with van der Waals surface area (Å²) in [7, 11) is 3.12. The van der Waals surface area contributed by atoms with Gasteiger partial charge in [0.1, 0.15) is 17.4 Å². The predicted molar refractivity (Wildman–Crippen MR) is 105 cm³/mol. The molecule has 5 nitrogen and oxygen atoms in total. The van der Waals surface area contributed by atoms with Gasteiger partial charge in [0, 0.05) is 23.6 Å². The molecular formula is C22H20N2O3. The fourth-order valence-corrected chi connectivity index (χ4v) is 2.99. The summed E-state index contributed by atoms with van der Waals surface area (Å²) < 4.78 is 10.6. The van der Waals surface area contributed by atoms with Crippen LogP contribution in [0.25, 0.3) is 10.8 Å². The molecule has 0 aromatic heterocycles. The topological polar surface area (TPSA) is 71.3 Å². The lowest BCUT2D eigenvalue weighted by Gasteiger charge is -2.14. The maximum Gasteiger partial charge on any atom is 0.242 e. The fourth-order valence-electron chi connectivity index (χ4n) is 2.99. The Morgan fingerprint density at radius 2 is 1.85 bits per heavy atom. The number of anilines is 1. The molecule has 1 unspecified atom stereocenters. The normalized spacial score (nSPS) is 11.4. The summed E-state index contributed by atoms with van der Waals surface area (Å²) >= 11 is 0. The first-order valence-corrected chi connectivity index (χ1v) is 8.55. The van der Waals surface area contributed by atoms with Crippen molar-refractivity contribution in [2.45, 2.75) is 6.42 Å². The van der Waals surface area contributed by atoms with Crippen molar-refractivity contribution in [3.8, 4) is 17.6 Å². The van der Waals surface area contributed by atoms with E-state index < -0.39 is 5.92 Å². The molecule has 0 heterocycles. The highest BCUT2D eigenvalue weighted by Crippen LogP contribution is 2.28. The first-order valence-electron chi connectivity index (χ1n) is 8.55. The minimum atomic E-state index is -0.841. The van der Waals surface area contributed by atoms with Crippen LogP contribution in [0.3, 0.4) is 0 Å². The van der Waals surface area contributed by atoms with E-state index in [2.05, 4.69) is 11.4 Å². The van der Waals surface area contributed by atoms with Crippen LogP contribution in [0.4, 0.5) is 5.69 Å². The number of benzene rings is 3. The van der Waals surface area contributed by atoms with Crippen LogP contribution >= 0.6 is 0 Å². The van der Waals surface area contributed by atoms with Crippen molar-refractivity contribution in [3.63, 3.8) is 0 Å². The second-order valence-electron chi connectivity index (χ2n) is 6.08. The quantitative estimate of drug-likeness (QED) is 0.716. The highest BCUT2D eigenvalue weighted by atomic mass is 16.5. The third kappa shape index (κ3) is 4.01. The van der Waals surface area contributed by atoms with E-state index in [-0.39, 0.29) is 12.3 Å². The summed E-state index contributed by atoms with van der Waals surface area (Å²) in [4.78, 5) is 12.7. The smallest absolute Gasteiger partial charge is 0.242 e. The van der Waals surface area contributed by atoms with E-state index in [0.29, 0.717) is 17.2 Å². The molecule has 0 aliphatic carbocycles. The van der Waals surface area contributed by atoms with Crippen LogP contribution in [0.15, 0.2) is 60.7 Å². The molecule has 5 heteroatoms. The maximum atomic E-state index is 12.7. The van der Waals surface area contributed by atoms with Crippen molar-refractivity contribution in [2.24, 2.45) is 5.92 Å². The Labute approximate surface area is 158 Å². The molecular weight excluding hydrogens is 340 g/mol. The molecule has 136 valence electrons. The van der Waals surface area contributed by atoms with Gasteiger partial charge in [-0.05, 0) is 23.1 Å². The Morgan fingerprint density at radius 1 is 1.07 bits per heavy atom. The van der Waals surface area contributed by atoms with Crippen molar-refractivity contribution in [2.75, 3.05) is 19.5 Å². The Morgan fingerprint density at radius 3 is 2.59 bits per heavy atom. The number of nitrogens with zero attached hydrogens (tertiary/aromatic N) is 1. The lowest BCUT2D eigenvalue weighted by atomic mass is 9.98. The Hall–Kier alpha value is -3.52. The summed E-state index contributed by atoms with van der Waals surface area (Å²) in [5, 5.41) is 14.4. The zero-order chi connectivity index (χ0) is 19.2. The number of hydrogen-bond donors (Lipinski definition) is 1. The predicted octanol–water partition coefficient (Wildman–Crippen LogP) is 4.18. The van der Waals surface area contributed by atoms with Gasteiger partial charge in [-0.1, -0.05) is 42.5 Å². The summed E-state index contributed by atoms with van der Waals surface area (Å²) in [5.74, 6) is 0.0647. The Bertz CT molecular complexity index is 1000. The van der Waals surface area contributed by atoms with Gasteiger partial charge in [-0.25, -0.2) is 0 Å². The van der Waals surface area contributed by atoms with Crippen LogP contribution in [0.5, 0.6) is 11.5 Å². The third-order valence-electron chi connectivity index (χ3n) is 4.44. The largest absolute Gasteiger partial charge is 0.497 e. The lowest BCUT2D eigenvalue weighted by molar-refractivity contribution is -0.118. The van der Waals surface area contributed by atoms with Crippen LogP contribution in [0, 0.1) is 17.2 Å². The number of carbonyl (C=O) groups is 1. The van der Waals surface area contributed by atoms with Gasteiger partial charge in [0.05, 0.1) is 20.3 Å². The fraction of sp³-hybridized carbons (Fsp3) is 0.182. The van der Waals surface area contributed by atoms with Crippen molar-refractivity contribution in [1.29, 1.82) is 5.26 Å². The molecule has 0 spiro atoms. The number of hydrogen-bond acceptors (Lipinski definition) is 4. The van der Waals surface area contributed by atoms with E-state index in [1.165, 1.54) is 0 Å². The van der Waals surface area contributed by atoms with Crippen LogP contribution in [0.1, 0.15) is 5.56 Å². The van der Waals surface area contributed by atoms with Crippen LogP contribution in [0.2, 0.25) is 0 Å². The van der Waals surface area contributed by atoms with Gasteiger partial charge >= 0.3 is 0 Å². The monoisotopic (exact) mass is 360 g/mol. The average Bonchev–Trinajstić information content (AvgIpc) is 2.72. The summed E-state index contributed by atoms with van der Waals surface area (Å²) in [5.41, 5.74) is 1.47. The lowest BCUT2D eigenvalue weighted by Crippen LogP contribution is -2.23. The summed E-state index contributed by atoms with van der Waals surface area (Å²) in [6.45, 7) is 0. The van der Waals surface area contributed by atoms with Gasteiger partial charge in [-0.2, -0.15) is 5.26 Å². The van der Waals surface area contributed by atoms with Gasteiger partial charge in [0.25, 0.3) is 0 Å². The third-order valence-corrected chi connectivity index (χ3v) is 4.44. The van der Waals surface area contributed by atoms with Crippen LogP contribution in [-0.4, -0.2) is 20.1 Å². The van der Waals surface area contributed by atoms with Gasteiger partial charge in [0.2, 0.25) is 5.91 Å². The molecule has 3 rings (SSSR count). The van der Waals surface area contributed by atoms with E-state index in [1.807, 2.05) is 48.5 Å². The molecule has 3 aromatic carbocycles. The van der Waals surface area contributed by atoms with Gasteiger partial charge in [-0.3, -0.25) is 4.79 Å². The van der Waals surface area contributed by atoms with Crippen molar-refractivity contribution in [1.82, 2.24) is 0 Å². The number of fused-ring (bicyclic) bond motifs is 1. The van der Waals surface area contributed by atoms with E-state index >= 15 is 0 Å². The number of nitrogens with one attached hydrogen (secondary N) is 1. The zero-order valence-electron chi connectivity index (χ0n) is 15.2. The molecule has 27 heavy (non-hydrogen) atoms. The van der Waals surface area contributed by atoms with Crippen molar-refractivity contribution < 1.29 is 14.3 Å². The van der Waals surface area contributed by atoms with Crippen molar-refractivity contribution >= 4 is 22.4 Å². The van der Waals surface area contributed by atoms with Crippen LogP contribution in [-0.2, 0) is 11.2 Å². The number of ether oxygens (including phenoxy) is 2. The molecule has 0 bridgehead atoms. The highest BCUT2D eigenvalue weighted by molar-refractivity contribution is 6.03. The SMILES string of the molecule is COc1ccc(CC(C#N)C(=O)Nc2cccc3ccccc23)c(OC)c1. The van der Waals surface area contributed by atoms with Crippen molar-refractivity contribution in [3.05, 3.63) is 66.2 Å². The van der Waals surface area contributed by atoms with E-state index in [0.717, 1.165) is 16.3 Å². The number of carbonyl (C=O) groups excluding carboxylic acids is 1. The molecule has 0 radical (unpaired) electrons. The molecule has 0 aliphatic heterocycles. The number of nitriles is 1. The maximum absolute atomic E-state index is 12.7. The number of rotatable bonds is 6. The van der Waals surface area contributed by atoms with E-state index in [9.17, 15) is 10.1 Å². The molecule has 0 saturated heterocycles. The molecule has 1 N–H and O–H groups in total. The van der Waals surface area contributed by atoms with Gasteiger partial charge < -0.3 is 14.8 Å². The van der Waals surface area contributed by atoms with Crippen LogP contribution < -0.4 is 14.8 Å². The number of methoxy groups -OCH3 is 2. The Kier molecular flexibility index (Phi) is 5.58. The molecule has 0 aliphatic rings. The molecule has 1 atom stereocenters. The summed E-state index contributed by atoms with van der Waals surface area (Å²) in [6, 6.07) is 20.9. The van der Waals surface area contributed by atoms with Gasteiger partial charge in [0.15, 0.2) is 0 Å². The minimum Gasteiger partial charge on any atom is -0.497 e. The molecule has 3 aromatic rings. The average molecular weight is 360 g/mol. The zero-order valence-corrected chi connectivity index (χ0v) is 15.2. The highest BCUT2D eigenvalue weighted by Gasteiger charge is 2.21. The Balaban J connectivity index is 1.82. The molecule has 0 fully saturated rings. The minimum absolute atomic E-state index is 0.250. The first kappa shape index (κ1) is 18.3. The van der Waals surface area contributed by atoms with E-state index in [4.69, 9.17) is 9.47 Å². The van der Waals surface area contributed by atoms with Gasteiger partial charge in [-0.15, -0.1) is 0 Å². The van der Waals surface area contributed by atoms with E-state index in [1.54, 1.807) is 26.4 Å².